The second-order valence-electron chi connectivity index (χ2n) is 8.42. The van der Waals surface area contributed by atoms with Crippen molar-refractivity contribution in [3.05, 3.63) is 65.1 Å². The summed E-state index contributed by atoms with van der Waals surface area (Å²) in [5.41, 5.74) is 3.35. The van der Waals surface area contributed by atoms with Gasteiger partial charge in [-0.1, -0.05) is 0 Å². The molecule has 0 spiro atoms. The topological polar surface area (TPSA) is 92.1 Å². The average Bonchev–Trinajstić information content (AvgIpc) is 3.20. The van der Waals surface area contributed by atoms with E-state index in [0.717, 1.165) is 17.1 Å². The maximum Gasteiger partial charge on any atom is 0.342 e. The van der Waals surface area contributed by atoms with Crippen LogP contribution in [0.3, 0.4) is 0 Å². The summed E-state index contributed by atoms with van der Waals surface area (Å²) >= 11 is 0. The number of ketones is 1. The summed E-state index contributed by atoms with van der Waals surface area (Å²) < 4.78 is 24.1. The first kappa shape index (κ1) is 22.9. The number of hydrogen-bond donors (Lipinski definition) is 0. The number of rotatable bonds is 6. The molecule has 1 saturated heterocycles. The van der Waals surface area contributed by atoms with Gasteiger partial charge in [-0.2, -0.15) is 0 Å². The lowest BCUT2D eigenvalue weighted by Gasteiger charge is -2.28. The van der Waals surface area contributed by atoms with Crippen LogP contribution in [0.4, 0.5) is 5.82 Å². The third-order valence-corrected chi connectivity index (χ3v) is 6.17. The summed E-state index contributed by atoms with van der Waals surface area (Å²) in [6.45, 7) is 6.89. The molecular weight excluding hydrogens is 450 g/mol. The Kier molecular flexibility index (Phi) is 6.41. The van der Waals surface area contributed by atoms with Gasteiger partial charge in [0.05, 0.1) is 13.2 Å². The number of esters is 1. The third-order valence-electron chi connectivity index (χ3n) is 6.17. The highest BCUT2D eigenvalue weighted by atomic mass is 16.6. The lowest BCUT2D eigenvalue weighted by molar-refractivity contribution is 0.0474. The predicted molar refractivity (Wildman–Crippen MR) is 128 cm³/mol. The van der Waals surface area contributed by atoms with Crippen molar-refractivity contribution in [3.63, 3.8) is 0 Å². The number of nitrogens with zero attached hydrogens (tertiary/aromatic N) is 3. The quantitative estimate of drug-likeness (QED) is 0.395. The minimum atomic E-state index is -0.575. The number of carbonyl (C=O) groups is 2. The van der Waals surface area contributed by atoms with E-state index in [-0.39, 0.29) is 12.4 Å². The molecule has 9 nitrogen and oxygen atoms in total. The number of aromatic nitrogens is 2. The zero-order valence-corrected chi connectivity index (χ0v) is 19.8. The van der Waals surface area contributed by atoms with Gasteiger partial charge in [-0.3, -0.25) is 4.79 Å². The van der Waals surface area contributed by atoms with Gasteiger partial charge in [0.15, 0.2) is 18.1 Å². The molecule has 3 aromatic rings. The average molecular weight is 478 g/mol. The molecule has 0 unspecified atom stereocenters. The molecule has 0 aliphatic carbocycles. The van der Waals surface area contributed by atoms with Crippen molar-refractivity contribution in [2.24, 2.45) is 0 Å². The minimum absolute atomic E-state index is 0.271. The highest BCUT2D eigenvalue weighted by Gasteiger charge is 2.23. The first-order valence-corrected chi connectivity index (χ1v) is 11.6. The summed E-state index contributed by atoms with van der Waals surface area (Å²) in [5.74, 6) is 1.08. The molecule has 1 aromatic carbocycles. The van der Waals surface area contributed by atoms with Crippen molar-refractivity contribution in [3.8, 4) is 17.2 Å². The van der Waals surface area contributed by atoms with Gasteiger partial charge in [0.25, 0.3) is 0 Å². The van der Waals surface area contributed by atoms with Gasteiger partial charge < -0.3 is 28.4 Å². The van der Waals surface area contributed by atoms with Gasteiger partial charge in [-0.15, -0.1) is 0 Å². The Bertz CT molecular complexity index is 1260. The molecule has 35 heavy (non-hydrogen) atoms. The Morgan fingerprint density at radius 3 is 2.54 bits per heavy atom. The normalized spacial score (nSPS) is 15.1. The van der Waals surface area contributed by atoms with Gasteiger partial charge in [-0.05, 0) is 44.2 Å². The lowest BCUT2D eigenvalue weighted by atomic mass is 10.1. The van der Waals surface area contributed by atoms with Crippen LogP contribution in [0.25, 0.3) is 5.69 Å². The molecular formula is C26H27N3O6. The molecule has 9 heteroatoms. The summed E-state index contributed by atoms with van der Waals surface area (Å²) in [6.07, 6.45) is 1.64. The maximum atomic E-state index is 13.0. The number of benzene rings is 1. The monoisotopic (exact) mass is 477 g/mol. The van der Waals surface area contributed by atoms with Gasteiger partial charge >= 0.3 is 5.97 Å². The van der Waals surface area contributed by atoms with E-state index >= 15 is 0 Å². The standard InChI is InChI=1S/C26H27N3O6/c1-17-14-21(18(2)29(17)19-5-6-23-24(15-19)34-13-12-33-23)22(30)16-35-26(31)20-4-3-7-27-25(20)28-8-10-32-11-9-28/h3-7,14-15H,8-13,16H2,1-2H3. The molecule has 4 heterocycles. The smallest absolute Gasteiger partial charge is 0.342 e. The van der Waals surface area contributed by atoms with E-state index in [9.17, 15) is 9.59 Å². The van der Waals surface area contributed by atoms with Gasteiger partial charge in [-0.25, -0.2) is 9.78 Å². The molecule has 2 aliphatic heterocycles. The second-order valence-corrected chi connectivity index (χ2v) is 8.42. The van der Waals surface area contributed by atoms with Gasteiger partial charge in [0.1, 0.15) is 24.6 Å². The number of pyridine rings is 1. The van der Waals surface area contributed by atoms with Crippen molar-refractivity contribution in [2.75, 3.05) is 51.0 Å². The van der Waals surface area contributed by atoms with E-state index in [1.165, 1.54) is 0 Å². The van der Waals surface area contributed by atoms with Crippen molar-refractivity contribution >= 4 is 17.6 Å². The molecule has 2 aliphatic rings. The minimum Gasteiger partial charge on any atom is -0.486 e. The van der Waals surface area contributed by atoms with Crippen molar-refractivity contribution in [2.45, 2.75) is 13.8 Å². The first-order chi connectivity index (χ1) is 17.0. The Morgan fingerprint density at radius 1 is 0.971 bits per heavy atom. The van der Waals surface area contributed by atoms with Crippen LogP contribution in [0.2, 0.25) is 0 Å². The van der Waals surface area contributed by atoms with E-state index in [2.05, 4.69) is 4.98 Å². The van der Waals surface area contributed by atoms with Crippen molar-refractivity contribution < 1.29 is 28.5 Å². The fourth-order valence-electron chi connectivity index (χ4n) is 4.48. The van der Waals surface area contributed by atoms with E-state index in [1.807, 2.05) is 47.6 Å². The number of carbonyl (C=O) groups excluding carboxylic acids is 2. The number of anilines is 1. The molecule has 2 aromatic heterocycles. The zero-order valence-electron chi connectivity index (χ0n) is 19.8. The molecule has 5 rings (SSSR count). The number of Topliss-reactive ketones (excluding diaryl/α,β-unsaturated/α-hetero) is 1. The molecule has 0 N–H and O–H groups in total. The number of ether oxygens (including phenoxy) is 4. The fraction of sp³-hybridized carbons (Fsp3) is 0.346. The predicted octanol–water partition coefficient (Wildman–Crippen LogP) is 3.14. The molecule has 0 radical (unpaired) electrons. The highest BCUT2D eigenvalue weighted by molar-refractivity contribution is 6.01. The lowest BCUT2D eigenvalue weighted by Crippen LogP contribution is -2.37. The summed E-state index contributed by atoms with van der Waals surface area (Å²) in [7, 11) is 0. The highest BCUT2D eigenvalue weighted by Crippen LogP contribution is 2.33. The summed E-state index contributed by atoms with van der Waals surface area (Å²) in [5, 5.41) is 0. The molecule has 0 bridgehead atoms. The van der Waals surface area contributed by atoms with Gasteiger partial charge in [0, 0.05) is 48.0 Å². The Morgan fingerprint density at radius 2 is 1.74 bits per heavy atom. The number of aryl methyl sites for hydroxylation is 1. The zero-order chi connectivity index (χ0) is 24.4. The van der Waals surface area contributed by atoms with Crippen LogP contribution in [-0.2, 0) is 9.47 Å². The second kappa shape index (κ2) is 9.79. The van der Waals surface area contributed by atoms with E-state index in [0.29, 0.717) is 68.0 Å². The first-order valence-electron chi connectivity index (χ1n) is 11.6. The van der Waals surface area contributed by atoms with E-state index in [4.69, 9.17) is 18.9 Å². The van der Waals surface area contributed by atoms with E-state index < -0.39 is 5.97 Å². The van der Waals surface area contributed by atoms with Crippen LogP contribution < -0.4 is 14.4 Å². The van der Waals surface area contributed by atoms with Crippen LogP contribution >= 0.6 is 0 Å². The van der Waals surface area contributed by atoms with Crippen molar-refractivity contribution in [1.82, 2.24) is 9.55 Å². The summed E-state index contributed by atoms with van der Waals surface area (Å²) in [6, 6.07) is 10.9. The SMILES string of the molecule is Cc1cc(C(=O)COC(=O)c2cccnc2N2CCOCC2)c(C)n1-c1ccc2c(c1)OCCO2. The van der Waals surface area contributed by atoms with Crippen LogP contribution in [0, 0.1) is 13.8 Å². The number of morpholine rings is 1. The van der Waals surface area contributed by atoms with Crippen LogP contribution in [0.15, 0.2) is 42.6 Å². The van der Waals surface area contributed by atoms with Crippen LogP contribution in [0.5, 0.6) is 11.5 Å². The Hall–Kier alpha value is -3.85. The molecule has 0 atom stereocenters. The largest absolute Gasteiger partial charge is 0.486 e. The molecule has 1 fully saturated rings. The molecule has 0 amide bonds. The summed E-state index contributed by atoms with van der Waals surface area (Å²) in [4.78, 5) is 32.2. The van der Waals surface area contributed by atoms with Crippen LogP contribution in [0.1, 0.15) is 32.1 Å². The fourth-order valence-corrected chi connectivity index (χ4v) is 4.48. The Balaban J connectivity index is 1.31. The van der Waals surface area contributed by atoms with Gasteiger partial charge in [0.2, 0.25) is 5.78 Å². The molecule has 182 valence electrons. The third kappa shape index (κ3) is 4.59. The molecule has 0 saturated carbocycles. The Labute approximate surface area is 203 Å². The van der Waals surface area contributed by atoms with Crippen molar-refractivity contribution in [1.29, 1.82) is 0 Å². The number of fused-ring (bicyclic) bond motifs is 1. The maximum absolute atomic E-state index is 13.0. The van der Waals surface area contributed by atoms with Crippen LogP contribution in [-0.4, -0.2) is 67.4 Å². The number of hydrogen-bond acceptors (Lipinski definition) is 8. The van der Waals surface area contributed by atoms with E-state index in [1.54, 1.807) is 18.3 Å².